The van der Waals surface area contributed by atoms with Crippen molar-refractivity contribution in [3.63, 3.8) is 0 Å². The Morgan fingerprint density at radius 3 is 2.65 bits per heavy atom. The molecule has 0 saturated carbocycles. The molecule has 2 rings (SSSR count). The highest BCUT2D eigenvalue weighted by Crippen LogP contribution is 2.24. The number of aromatic nitrogens is 2. The summed E-state index contributed by atoms with van der Waals surface area (Å²) >= 11 is 5.96. The number of amides is 1. The highest BCUT2D eigenvalue weighted by Gasteiger charge is 2.14. The van der Waals surface area contributed by atoms with E-state index in [-0.39, 0.29) is 17.8 Å². The molecule has 1 amide bonds. The summed E-state index contributed by atoms with van der Waals surface area (Å²) < 4.78 is 9.96. The predicted molar refractivity (Wildman–Crippen MR) is 74.5 cm³/mol. The van der Waals surface area contributed by atoms with Gasteiger partial charge in [-0.05, 0) is 12.1 Å². The van der Waals surface area contributed by atoms with Gasteiger partial charge < -0.3 is 14.8 Å². The Morgan fingerprint density at radius 1 is 1.25 bits per heavy atom. The number of methoxy groups -OCH3 is 2. The summed E-state index contributed by atoms with van der Waals surface area (Å²) in [4.78, 5) is 20.0. The molecule has 0 fully saturated rings. The molecule has 1 N–H and O–H groups in total. The molecule has 0 spiro atoms. The van der Waals surface area contributed by atoms with Gasteiger partial charge in [-0.25, -0.2) is 4.98 Å². The zero-order valence-electron chi connectivity index (χ0n) is 10.9. The second-order valence-corrected chi connectivity index (χ2v) is 4.12. The Morgan fingerprint density at radius 2 is 2.00 bits per heavy atom. The number of halogens is 1. The fraction of sp³-hybridized carbons (Fsp3) is 0.154. The summed E-state index contributed by atoms with van der Waals surface area (Å²) in [6.07, 6.45) is 1.40. The van der Waals surface area contributed by atoms with Crippen LogP contribution < -0.4 is 14.8 Å². The van der Waals surface area contributed by atoms with Crippen molar-refractivity contribution in [3.05, 3.63) is 41.0 Å². The lowest BCUT2D eigenvalue weighted by molar-refractivity contribution is 0.102. The number of nitrogens with zero attached hydrogens (tertiary/aromatic N) is 2. The first-order chi connectivity index (χ1) is 9.65. The lowest BCUT2D eigenvalue weighted by atomic mass is 10.2. The van der Waals surface area contributed by atoms with Crippen LogP contribution in [0.3, 0.4) is 0 Å². The average Bonchev–Trinajstić information content (AvgIpc) is 2.48. The third-order valence-electron chi connectivity index (χ3n) is 2.47. The summed E-state index contributed by atoms with van der Waals surface area (Å²) in [5.41, 5.74) is 0.685. The molecular weight excluding hydrogens is 282 g/mol. The number of anilines is 1. The number of hydrogen-bond acceptors (Lipinski definition) is 5. The molecule has 2 aromatic rings. The predicted octanol–water partition coefficient (Wildman–Crippen LogP) is 2.40. The van der Waals surface area contributed by atoms with Gasteiger partial charge in [-0.3, -0.25) is 4.79 Å². The quantitative estimate of drug-likeness (QED) is 0.937. The molecule has 0 radical (unpaired) electrons. The molecule has 0 atom stereocenters. The van der Waals surface area contributed by atoms with Crippen LogP contribution in [-0.4, -0.2) is 30.1 Å². The van der Waals surface area contributed by atoms with E-state index in [9.17, 15) is 4.79 Å². The molecule has 0 unspecified atom stereocenters. The van der Waals surface area contributed by atoms with Crippen LogP contribution in [0.25, 0.3) is 0 Å². The molecule has 6 nitrogen and oxygen atoms in total. The number of carbonyl (C=O) groups excluding carboxylic acids is 1. The lowest BCUT2D eigenvalue weighted by Gasteiger charge is -2.10. The molecule has 20 heavy (non-hydrogen) atoms. The van der Waals surface area contributed by atoms with Crippen LogP contribution in [0, 0.1) is 0 Å². The van der Waals surface area contributed by atoms with Gasteiger partial charge in [0.05, 0.1) is 31.0 Å². The van der Waals surface area contributed by atoms with Crippen LogP contribution in [0.15, 0.2) is 30.5 Å². The fourth-order valence-electron chi connectivity index (χ4n) is 1.53. The van der Waals surface area contributed by atoms with E-state index in [1.165, 1.54) is 20.4 Å². The van der Waals surface area contributed by atoms with Gasteiger partial charge in [0.2, 0.25) is 5.88 Å². The van der Waals surface area contributed by atoms with Gasteiger partial charge in [-0.15, -0.1) is 0 Å². The van der Waals surface area contributed by atoms with Gasteiger partial charge >= 0.3 is 6.01 Å². The van der Waals surface area contributed by atoms with Gasteiger partial charge in [-0.1, -0.05) is 23.7 Å². The average molecular weight is 294 g/mol. The van der Waals surface area contributed by atoms with Crippen LogP contribution in [0.2, 0.25) is 5.02 Å². The van der Waals surface area contributed by atoms with Gasteiger partial charge in [0, 0.05) is 0 Å². The number of hydrogen-bond donors (Lipinski definition) is 1. The topological polar surface area (TPSA) is 73.3 Å². The number of benzene rings is 1. The van der Waals surface area contributed by atoms with E-state index in [1.807, 2.05) is 0 Å². The van der Waals surface area contributed by atoms with E-state index in [1.54, 1.807) is 24.3 Å². The number of nitrogens with one attached hydrogen (secondary N) is 1. The van der Waals surface area contributed by atoms with Crippen LogP contribution in [0.1, 0.15) is 10.4 Å². The van der Waals surface area contributed by atoms with E-state index in [0.29, 0.717) is 16.3 Å². The molecule has 0 aliphatic rings. The van der Waals surface area contributed by atoms with E-state index < -0.39 is 0 Å². The molecule has 0 saturated heterocycles. The maximum atomic E-state index is 12.1. The second-order valence-electron chi connectivity index (χ2n) is 3.71. The summed E-state index contributed by atoms with van der Waals surface area (Å²) in [6, 6.07) is 6.88. The van der Waals surface area contributed by atoms with Gasteiger partial charge in [-0.2, -0.15) is 4.98 Å². The Balaban J connectivity index is 2.26. The van der Waals surface area contributed by atoms with E-state index in [0.717, 1.165) is 0 Å². The smallest absolute Gasteiger partial charge is 0.319 e. The minimum Gasteiger partial charge on any atom is -0.479 e. The van der Waals surface area contributed by atoms with Crippen LogP contribution in [-0.2, 0) is 0 Å². The van der Waals surface area contributed by atoms with Crippen molar-refractivity contribution in [2.75, 3.05) is 19.5 Å². The minimum absolute atomic E-state index is 0.151. The van der Waals surface area contributed by atoms with Gasteiger partial charge in [0.15, 0.2) is 0 Å². The highest BCUT2D eigenvalue weighted by molar-refractivity contribution is 6.34. The molecular formula is C13H12ClN3O3. The first-order valence-electron chi connectivity index (χ1n) is 5.66. The third-order valence-corrected chi connectivity index (χ3v) is 2.80. The standard InChI is InChI=1S/C13H12ClN3O3/c1-19-12-10(7-15-13(17-12)20-2)16-11(18)8-5-3-4-6-9(8)14/h3-7H,1-2H3,(H,16,18). The second kappa shape index (κ2) is 6.21. The van der Waals surface area contributed by atoms with Crippen LogP contribution >= 0.6 is 11.6 Å². The third kappa shape index (κ3) is 2.97. The van der Waals surface area contributed by atoms with Gasteiger partial charge in [0.25, 0.3) is 5.91 Å². The monoisotopic (exact) mass is 293 g/mol. The van der Waals surface area contributed by atoms with Crippen molar-refractivity contribution in [2.45, 2.75) is 0 Å². The number of ether oxygens (including phenoxy) is 2. The maximum Gasteiger partial charge on any atom is 0.319 e. The van der Waals surface area contributed by atoms with Crippen molar-refractivity contribution >= 4 is 23.2 Å². The zero-order chi connectivity index (χ0) is 14.5. The largest absolute Gasteiger partial charge is 0.479 e. The van der Waals surface area contributed by atoms with Crippen molar-refractivity contribution < 1.29 is 14.3 Å². The first kappa shape index (κ1) is 14.1. The van der Waals surface area contributed by atoms with E-state index in [4.69, 9.17) is 21.1 Å². The van der Waals surface area contributed by atoms with Crippen molar-refractivity contribution in [1.82, 2.24) is 9.97 Å². The SMILES string of the molecule is COc1ncc(NC(=O)c2ccccc2Cl)c(OC)n1. The molecule has 104 valence electrons. The number of carbonyl (C=O) groups is 1. The highest BCUT2D eigenvalue weighted by atomic mass is 35.5. The van der Waals surface area contributed by atoms with Crippen molar-refractivity contribution in [2.24, 2.45) is 0 Å². The molecule has 1 heterocycles. The Kier molecular flexibility index (Phi) is 4.37. The first-order valence-corrected chi connectivity index (χ1v) is 6.04. The molecule has 0 aliphatic carbocycles. The molecule has 0 aliphatic heterocycles. The summed E-state index contributed by atoms with van der Waals surface area (Å²) in [5, 5.41) is 3.00. The molecule has 0 bridgehead atoms. The Hall–Kier alpha value is -2.34. The van der Waals surface area contributed by atoms with Gasteiger partial charge in [0.1, 0.15) is 5.69 Å². The number of rotatable bonds is 4. The molecule has 1 aromatic carbocycles. The van der Waals surface area contributed by atoms with E-state index in [2.05, 4.69) is 15.3 Å². The fourth-order valence-corrected chi connectivity index (χ4v) is 1.75. The summed E-state index contributed by atoms with van der Waals surface area (Å²) in [6.45, 7) is 0. The van der Waals surface area contributed by atoms with Crippen molar-refractivity contribution in [1.29, 1.82) is 0 Å². The van der Waals surface area contributed by atoms with E-state index >= 15 is 0 Å². The minimum atomic E-state index is -0.373. The molecule has 7 heteroatoms. The Labute approximate surface area is 120 Å². The lowest BCUT2D eigenvalue weighted by Crippen LogP contribution is -2.14. The van der Waals surface area contributed by atoms with Crippen LogP contribution in [0.5, 0.6) is 11.9 Å². The van der Waals surface area contributed by atoms with Crippen molar-refractivity contribution in [3.8, 4) is 11.9 Å². The summed E-state index contributed by atoms with van der Waals surface area (Å²) in [7, 11) is 2.88. The normalized spacial score (nSPS) is 9.95. The Bertz CT molecular complexity index is 634. The zero-order valence-corrected chi connectivity index (χ0v) is 11.6. The summed E-state index contributed by atoms with van der Waals surface area (Å²) in [5.74, 6) is -0.167. The van der Waals surface area contributed by atoms with Crippen LogP contribution in [0.4, 0.5) is 5.69 Å². The molecule has 1 aromatic heterocycles. The maximum absolute atomic E-state index is 12.1.